The zero-order chi connectivity index (χ0) is 23.0. The number of sulfonamides is 1. The van der Waals surface area contributed by atoms with Gasteiger partial charge < -0.3 is 14.4 Å². The molecule has 1 saturated heterocycles. The molecular formula is C23H23N3O5S2. The highest BCUT2D eigenvalue weighted by Crippen LogP contribution is 2.33. The van der Waals surface area contributed by atoms with Crippen LogP contribution in [0.2, 0.25) is 0 Å². The Kier molecular flexibility index (Phi) is 5.81. The van der Waals surface area contributed by atoms with E-state index >= 15 is 0 Å². The van der Waals surface area contributed by atoms with Crippen LogP contribution in [-0.2, 0) is 10.0 Å². The lowest BCUT2D eigenvalue weighted by Crippen LogP contribution is -2.50. The number of aromatic nitrogens is 1. The van der Waals surface area contributed by atoms with Gasteiger partial charge in [-0.05, 0) is 19.1 Å². The number of hydrogen-bond donors (Lipinski definition) is 0. The van der Waals surface area contributed by atoms with Gasteiger partial charge in [0, 0.05) is 43.2 Å². The Balaban J connectivity index is 1.25. The second kappa shape index (κ2) is 8.77. The highest BCUT2D eigenvalue weighted by Gasteiger charge is 2.32. The summed E-state index contributed by atoms with van der Waals surface area (Å²) in [5, 5.41) is 2.55. The summed E-state index contributed by atoms with van der Waals surface area (Å²) in [5.41, 5.74) is 2.52. The molecule has 0 unspecified atom stereocenters. The molecule has 2 aliphatic heterocycles. The van der Waals surface area contributed by atoms with Crippen LogP contribution in [0.25, 0.3) is 10.6 Å². The highest BCUT2D eigenvalue weighted by molar-refractivity contribution is 7.89. The third-order valence-electron chi connectivity index (χ3n) is 5.70. The molecule has 0 spiro atoms. The number of thiazole rings is 1. The average Bonchev–Trinajstić information content (AvgIpc) is 3.34. The number of fused-ring (bicyclic) bond motifs is 1. The topological polar surface area (TPSA) is 89.0 Å². The Hall–Kier alpha value is -2.95. The number of amides is 1. The molecule has 3 aromatic rings. The number of aryl methyl sites for hydroxylation is 1. The van der Waals surface area contributed by atoms with Crippen molar-refractivity contribution in [2.75, 3.05) is 39.4 Å². The van der Waals surface area contributed by atoms with E-state index in [-0.39, 0.29) is 23.9 Å². The summed E-state index contributed by atoms with van der Waals surface area (Å²) in [5.74, 6) is 0.800. The molecule has 33 heavy (non-hydrogen) atoms. The molecular weight excluding hydrogens is 462 g/mol. The molecule has 1 amide bonds. The molecule has 0 N–H and O–H groups in total. The van der Waals surface area contributed by atoms with Gasteiger partial charge in [0.25, 0.3) is 5.91 Å². The van der Waals surface area contributed by atoms with Gasteiger partial charge in [0.2, 0.25) is 10.0 Å². The molecule has 8 nitrogen and oxygen atoms in total. The van der Waals surface area contributed by atoms with Crippen molar-refractivity contribution in [3.8, 4) is 22.1 Å². The highest BCUT2D eigenvalue weighted by atomic mass is 32.2. The molecule has 5 rings (SSSR count). The number of rotatable bonds is 4. The van der Waals surface area contributed by atoms with E-state index in [1.807, 2.05) is 31.2 Å². The standard InChI is InChI=1S/C23H23N3O5S2/c1-16-2-4-17(5-3-16)22-24-19(15-32-22)23(27)25-8-10-26(11-9-25)33(28,29)18-6-7-20-21(14-18)31-13-12-30-20/h2-7,14-15H,8-13H2,1H3. The van der Waals surface area contributed by atoms with Crippen LogP contribution >= 0.6 is 11.3 Å². The Bertz CT molecular complexity index is 1280. The number of piperazine rings is 1. The summed E-state index contributed by atoms with van der Waals surface area (Å²) in [7, 11) is -3.70. The smallest absolute Gasteiger partial charge is 0.273 e. The van der Waals surface area contributed by atoms with Gasteiger partial charge in [-0.1, -0.05) is 29.8 Å². The Morgan fingerprint density at radius 1 is 0.970 bits per heavy atom. The molecule has 0 atom stereocenters. The van der Waals surface area contributed by atoms with Crippen LogP contribution in [0.3, 0.4) is 0 Å². The van der Waals surface area contributed by atoms with E-state index < -0.39 is 10.0 Å². The predicted octanol–water partition coefficient (Wildman–Crippen LogP) is 3.04. The summed E-state index contributed by atoms with van der Waals surface area (Å²) in [4.78, 5) is 19.3. The normalized spacial score (nSPS) is 16.6. The lowest BCUT2D eigenvalue weighted by Gasteiger charge is -2.33. The van der Waals surface area contributed by atoms with Crippen molar-refractivity contribution >= 4 is 27.3 Å². The molecule has 0 aliphatic carbocycles. The summed E-state index contributed by atoms with van der Waals surface area (Å²) < 4.78 is 38.6. The van der Waals surface area contributed by atoms with Crippen molar-refractivity contribution in [2.45, 2.75) is 11.8 Å². The molecule has 0 radical (unpaired) electrons. The number of nitrogens with zero attached hydrogens (tertiary/aromatic N) is 3. The summed E-state index contributed by atoms with van der Waals surface area (Å²) in [6, 6.07) is 12.7. The quantitative estimate of drug-likeness (QED) is 0.564. The van der Waals surface area contributed by atoms with E-state index in [4.69, 9.17) is 9.47 Å². The van der Waals surface area contributed by atoms with E-state index in [0.29, 0.717) is 43.5 Å². The van der Waals surface area contributed by atoms with Crippen molar-refractivity contribution < 1.29 is 22.7 Å². The maximum atomic E-state index is 13.1. The molecule has 2 aliphatic rings. The van der Waals surface area contributed by atoms with E-state index in [0.717, 1.165) is 16.1 Å². The second-order valence-electron chi connectivity index (χ2n) is 7.91. The fourth-order valence-corrected chi connectivity index (χ4v) is 6.07. The summed E-state index contributed by atoms with van der Waals surface area (Å²) in [6.45, 7) is 3.91. The molecule has 3 heterocycles. The first-order chi connectivity index (χ1) is 15.9. The van der Waals surface area contributed by atoms with Crippen LogP contribution in [0.1, 0.15) is 16.1 Å². The van der Waals surface area contributed by atoms with Gasteiger partial charge in [-0.15, -0.1) is 11.3 Å². The zero-order valence-electron chi connectivity index (χ0n) is 18.1. The minimum atomic E-state index is -3.70. The minimum absolute atomic E-state index is 0.161. The second-order valence-corrected chi connectivity index (χ2v) is 10.7. The SMILES string of the molecule is Cc1ccc(-c2nc(C(=O)N3CCN(S(=O)(=O)c4ccc5c(c4)OCCO5)CC3)cs2)cc1. The first-order valence-electron chi connectivity index (χ1n) is 10.6. The number of hydrogen-bond acceptors (Lipinski definition) is 7. The number of carbonyl (C=O) groups is 1. The number of benzene rings is 2. The summed E-state index contributed by atoms with van der Waals surface area (Å²) >= 11 is 1.43. The van der Waals surface area contributed by atoms with Crippen molar-refractivity contribution in [1.29, 1.82) is 0 Å². The number of ether oxygens (including phenoxy) is 2. The van der Waals surface area contributed by atoms with Crippen molar-refractivity contribution in [3.63, 3.8) is 0 Å². The van der Waals surface area contributed by atoms with E-state index in [9.17, 15) is 13.2 Å². The third kappa shape index (κ3) is 4.33. The molecule has 1 aromatic heterocycles. The average molecular weight is 486 g/mol. The maximum absolute atomic E-state index is 13.1. The lowest BCUT2D eigenvalue weighted by atomic mass is 10.2. The Labute approximate surface area is 196 Å². The minimum Gasteiger partial charge on any atom is -0.486 e. The van der Waals surface area contributed by atoms with E-state index in [1.54, 1.807) is 16.3 Å². The van der Waals surface area contributed by atoms with Crippen LogP contribution in [0.5, 0.6) is 11.5 Å². The van der Waals surface area contributed by atoms with Crippen LogP contribution < -0.4 is 9.47 Å². The van der Waals surface area contributed by atoms with E-state index in [2.05, 4.69) is 4.98 Å². The number of carbonyl (C=O) groups excluding carboxylic acids is 1. The van der Waals surface area contributed by atoms with Gasteiger partial charge >= 0.3 is 0 Å². The van der Waals surface area contributed by atoms with Crippen LogP contribution in [0, 0.1) is 6.92 Å². The van der Waals surface area contributed by atoms with Crippen LogP contribution in [0.4, 0.5) is 0 Å². The molecule has 10 heteroatoms. The zero-order valence-corrected chi connectivity index (χ0v) is 19.7. The molecule has 0 saturated carbocycles. The Morgan fingerprint density at radius 2 is 1.67 bits per heavy atom. The predicted molar refractivity (Wildman–Crippen MR) is 124 cm³/mol. The fraction of sp³-hybridized carbons (Fsp3) is 0.304. The fourth-order valence-electron chi connectivity index (χ4n) is 3.83. The van der Waals surface area contributed by atoms with Gasteiger partial charge in [-0.3, -0.25) is 4.79 Å². The van der Waals surface area contributed by atoms with Gasteiger partial charge in [-0.25, -0.2) is 13.4 Å². The largest absolute Gasteiger partial charge is 0.486 e. The first-order valence-corrected chi connectivity index (χ1v) is 13.0. The molecule has 2 aromatic carbocycles. The first kappa shape index (κ1) is 21.9. The van der Waals surface area contributed by atoms with Crippen LogP contribution in [0.15, 0.2) is 52.7 Å². The molecule has 1 fully saturated rings. The third-order valence-corrected chi connectivity index (χ3v) is 8.49. The van der Waals surface area contributed by atoms with Crippen molar-refractivity contribution in [3.05, 3.63) is 59.1 Å². The van der Waals surface area contributed by atoms with Crippen molar-refractivity contribution in [2.24, 2.45) is 0 Å². The van der Waals surface area contributed by atoms with E-state index in [1.165, 1.54) is 27.8 Å². The van der Waals surface area contributed by atoms with Crippen molar-refractivity contribution in [1.82, 2.24) is 14.2 Å². The van der Waals surface area contributed by atoms with Gasteiger partial charge in [0.1, 0.15) is 23.9 Å². The van der Waals surface area contributed by atoms with Crippen LogP contribution in [-0.4, -0.2) is 67.9 Å². The maximum Gasteiger partial charge on any atom is 0.273 e. The molecule has 0 bridgehead atoms. The lowest BCUT2D eigenvalue weighted by molar-refractivity contribution is 0.0693. The monoisotopic (exact) mass is 485 g/mol. The van der Waals surface area contributed by atoms with Gasteiger partial charge in [0.15, 0.2) is 11.5 Å². The molecule has 172 valence electrons. The van der Waals surface area contributed by atoms with Gasteiger partial charge in [0.05, 0.1) is 4.90 Å². The van der Waals surface area contributed by atoms with Gasteiger partial charge in [-0.2, -0.15) is 4.31 Å². The summed E-state index contributed by atoms with van der Waals surface area (Å²) in [6.07, 6.45) is 0. The Morgan fingerprint density at radius 3 is 2.39 bits per heavy atom.